The van der Waals surface area contributed by atoms with Gasteiger partial charge in [0.15, 0.2) is 0 Å². The predicted molar refractivity (Wildman–Crippen MR) is 70.7 cm³/mol. The molecule has 0 bridgehead atoms. The van der Waals surface area contributed by atoms with Crippen molar-refractivity contribution in [3.8, 4) is 0 Å². The number of nitrogens with two attached hydrogens (primary N) is 1. The van der Waals surface area contributed by atoms with Gasteiger partial charge in [0.05, 0.1) is 0 Å². The monoisotopic (exact) mass is 234 g/mol. The van der Waals surface area contributed by atoms with E-state index < -0.39 is 0 Å². The van der Waals surface area contributed by atoms with Gasteiger partial charge >= 0.3 is 0 Å². The van der Waals surface area contributed by atoms with Crippen molar-refractivity contribution in [1.29, 1.82) is 0 Å². The molecule has 3 N–H and O–H groups in total. The molecule has 0 aliphatic heterocycles. The zero-order valence-corrected chi connectivity index (χ0v) is 11.1. The first-order chi connectivity index (χ1) is 7.90. The van der Waals surface area contributed by atoms with E-state index in [1.54, 1.807) is 0 Å². The van der Waals surface area contributed by atoms with Crippen molar-refractivity contribution >= 4 is 5.91 Å². The fourth-order valence-electron chi connectivity index (χ4n) is 2.19. The van der Waals surface area contributed by atoms with Gasteiger partial charge in [0, 0.05) is 18.5 Å². The van der Waals surface area contributed by atoms with Crippen LogP contribution < -0.4 is 11.1 Å². The molecule has 94 valence electrons. The van der Waals surface area contributed by atoms with Crippen LogP contribution in [-0.2, 0) is 4.79 Å². The van der Waals surface area contributed by atoms with E-state index in [0.29, 0.717) is 6.42 Å². The predicted octanol–water partition coefficient (Wildman–Crippen LogP) is 2.22. The number of hydrogen-bond donors (Lipinski definition) is 2. The average Bonchev–Trinajstić information content (AvgIpc) is 2.15. The third-order valence-corrected chi connectivity index (χ3v) is 2.93. The molecular formula is C14H22N2O. The Bertz CT molecular complexity index is 401. The molecule has 3 heteroatoms. The topological polar surface area (TPSA) is 55.1 Å². The molecule has 0 spiro atoms. The molecule has 1 aromatic rings. The summed E-state index contributed by atoms with van der Waals surface area (Å²) in [6.07, 6.45) is 0.370. The number of benzene rings is 1. The highest BCUT2D eigenvalue weighted by atomic mass is 16.1. The zero-order valence-electron chi connectivity index (χ0n) is 11.1. The molecule has 0 aliphatic rings. The van der Waals surface area contributed by atoms with Crippen molar-refractivity contribution in [3.63, 3.8) is 0 Å². The van der Waals surface area contributed by atoms with Crippen molar-refractivity contribution in [2.24, 2.45) is 5.73 Å². The van der Waals surface area contributed by atoms with Gasteiger partial charge in [-0.25, -0.2) is 0 Å². The largest absolute Gasteiger partial charge is 0.370 e. The molecule has 2 unspecified atom stereocenters. The lowest BCUT2D eigenvalue weighted by Gasteiger charge is -2.21. The first kappa shape index (κ1) is 13.7. The Balaban J connectivity index is 2.69. The van der Waals surface area contributed by atoms with Crippen LogP contribution in [0, 0.1) is 13.8 Å². The number of aryl methyl sites for hydroxylation is 2. The molecule has 0 aliphatic carbocycles. The third-order valence-electron chi connectivity index (χ3n) is 2.93. The van der Waals surface area contributed by atoms with Crippen molar-refractivity contribution < 1.29 is 4.79 Å². The van der Waals surface area contributed by atoms with E-state index in [2.05, 4.69) is 44.3 Å². The van der Waals surface area contributed by atoms with Crippen LogP contribution in [-0.4, -0.2) is 11.9 Å². The van der Waals surface area contributed by atoms with Crippen LogP contribution in [0.4, 0.5) is 0 Å². The van der Waals surface area contributed by atoms with E-state index in [-0.39, 0.29) is 18.0 Å². The summed E-state index contributed by atoms with van der Waals surface area (Å²) in [4.78, 5) is 10.8. The van der Waals surface area contributed by atoms with E-state index in [9.17, 15) is 4.79 Å². The quantitative estimate of drug-likeness (QED) is 0.820. The molecule has 0 aromatic heterocycles. The normalized spacial score (nSPS) is 14.4. The van der Waals surface area contributed by atoms with Crippen LogP contribution in [0.5, 0.6) is 0 Å². The second-order valence-corrected chi connectivity index (χ2v) is 4.82. The lowest BCUT2D eigenvalue weighted by Crippen LogP contribution is -2.33. The van der Waals surface area contributed by atoms with Crippen LogP contribution in [0.3, 0.4) is 0 Å². The number of primary amides is 1. The van der Waals surface area contributed by atoms with Crippen LogP contribution in [0.1, 0.15) is 43.0 Å². The number of carbonyl (C=O) groups excluding carboxylic acids is 1. The maximum absolute atomic E-state index is 10.8. The minimum Gasteiger partial charge on any atom is -0.370 e. The minimum absolute atomic E-state index is 0.100. The summed E-state index contributed by atoms with van der Waals surface area (Å²) in [7, 11) is 0. The van der Waals surface area contributed by atoms with Gasteiger partial charge in [-0.1, -0.05) is 23.8 Å². The van der Waals surface area contributed by atoms with Gasteiger partial charge < -0.3 is 11.1 Å². The summed E-state index contributed by atoms with van der Waals surface area (Å²) in [6, 6.07) is 6.75. The van der Waals surface area contributed by atoms with Gasteiger partial charge in [-0.15, -0.1) is 0 Å². The number of nitrogens with one attached hydrogen (secondary N) is 1. The minimum atomic E-state index is -0.266. The molecule has 0 heterocycles. The second-order valence-electron chi connectivity index (χ2n) is 4.82. The Kier molecular flexibility index (Phi) is 4.70. The van der Waals surface area contributed by atoms with Gasteiger partial charge in [-0.2, -0.15) is 0 Å². The Hall–Kier alpha value is -1.35. The van der Waals surface area contributed by atoms with Gasteiger partial charge in [0.2, 0.25) is 5.91 Å². The van der Waals surface area contributed by atoms with Crippen molar-refractivity contribution in [2.45, 2.75) is 46.2 Å². The van der Waals surface area contributed by atoms with E-state index in [1.807, 2.05) is 6.92 Å². The molecular weight excluding hydrogens is 212 g/mol. The molecule has 1 rings (SSSR count). The molecule has 2 atom stereocenters. The van der Waals surface area contributed by atoms with Crippen LogP contribution in [0.2, 0.25) is 0 Å². The maximum Gasteiger partial charge on any atom is 0.218 e. The molecule has 3 nitrogen and oxygen atoms in total. The van der Waals surface area contributed by atoms with Gasteiger partial charge in [0.1, 0.15) is 0 Å². The van der Waals surface area contributed by atoms with E-state index in [1.165, 1.54) is 16.7 Å². The highest BCUT2D eigenvalue weighted by Gasteiger charge is 2.12. The second kappa shape index (κ2) is 5.82. The smallest absolute Gasteiger partial charge is 0.218 e. The Morgan fingerprint density at radius 2 is 2.00 bits per heavy atom. The highest BCUT2D eigenvalue weighted by Crippen LogP contribution is 2.19. The average molecular weight is 234 g/mol. The molecule has 1 amide bonds. The summed E-state index contributed by atoms with van der Waals surface area (Å²) < 4.78 is 0. The van der Waals surface area contributed by atoms with E-state index in [0.717, 1.165) is 0 Å². The Morgan fingerprint density at radius 1 is 1.35 bits per heavy atom. The van der Waals surface area contributed by atoms with Gasteiger partial charge in [0.25, 0.3) is 0 Å². The standard InChI is InChI=1S/C14H22N2O/c1-9-5-6-13(10(2)7-9)12(4)16-11(3)8-14(15)17/h5-7,11-12,16H,8H2,1-4H3,(H2,15,17). The van der Waals surface area contributed by atoms with E-state index >= 15 is 0 Å². The lowest BCUT2D eigenvalue weighted by atomic mass is 9.99. The number of rotatable bonds is 5. The van der Waals surface area contributed by atoms with Crippen molar-refractivity contribution in [1.82, 2.24) is 5.32 Å². The van der Waals surface area contributed by atoms with E-state index in [4.69, 9.17) is 5.73 Å². The summed E-state index contributed by atoms with van der Waals surface area (Å²) in [5, 5.41) is 3.39. The molecule has 0 saturated carbocycles. The van der Waals surface area contributed by atoms with Crippen LogP contribution in [0.25, 0.3) is 0 Å². The number of carbonyl (C=O) groups is 1. The maximum atomic E-state index is 10.8. The fourth-order valence-corrected chi connectivity index (χ4v) is 2.19. The van der Waals surface area contributed by atoms with Gasteiger partial charge in [-0.05, 0) is 38.8 Å². The summed E-state index contributed by atoms with van der Waals surface area (Å²) in [5.41, 5.74) is 8.99. The SMILES string of the molecule is Cc1ccc(C(C)NC(C)CC(N)=O)c(C)c1. The van der Waals surface area contributed by atoms with Crippen LogP contribution in [0.15, 0.2) is 18.2 Å². The summed E-state index contributed by atoms with van der Waals surface area (Å²) in [5.74, 6) is -0.266. The highest BCUT2D eigenvalue weighted by molar-refractivity contribution is 5.74. The Labute approximate surface area is 103 Å². The fraction of sp³-hybridized carbons (Fsp3) is 0.500. The summed E-state index contributed by atoms with van der Waals surface area (Å²) >= 11 is 0. The van der Waals surface area contributed by atoms with Gasteiger partial charge in [-0.3, -0.25) is 4.79 Å². The zero-order chi connectivity index (χ0) is 13.0. The first-order valence-corrected chi connectivity index (χ1v) is 6.01. The Morgan fingerprint density at radius 3 is 2.53 bits per heavy atom. The third kappa shape index (κ3) is 4.19. The molecule has 1 aromatic carbocycles. The lowest BCUT2D eigenvalue weighted by molar-refractivity contribution is -0.118. The van der Waals surface area contributed by atoms with Crippen LogP contribution >= 0.6 is 0 Å². The van der Waals surface area contributed by atoms with Crippen molar-refractivity contribution in [2.75, 3.05) is 0 Å². The molecule has 0 saturated heterocycles. The number of amides is 1. The summed E-state index contributed by atoms with van der Waals surface area (Å²) in [6.45, 7) is 8.28. The first-order valence-electron chi connectivity index (χ1n) is 6.01. The number of hydrogen-bond acceptors (Lipinski definition) is 2. The van der Waals surface area contributed by atoms with Crippen molar-refractivity contribution in [3.05, 3.63) is 34.9 Å². The molecule has 0 radical (unpaired) electrons. The molecule has 17 heavy (non-hydrogen) atoms. The molecule has 0 fully saturated rings.